The summed E-state index contributed by atoms with van der Waals surface area (Å²) in [5.41, 5.74) is 8.94. The van der Waals surface area contributed by atoms with Crippen LogP contribution in [-0.4, -0.2) is 9.55 Å². The Labute approximate surface area is 126 Å². The first-order chi connectivity index (χ1) is 8.66. The summed E-state index contributed by atoms with van der Waals surface area (Å²) in [6, 6.07) is 14.1. The molecule has 5 heteroatoms. The molecule has 0 fully saturated rings. The van der Waals surface area contributed by atoms with Gasteiger partial charge in [0.05, 0.1) is 16.7 Å². The molecule has 3 rings (SSSR count). The number of rotatable bonds is 1. The van der Waals surface area contributed by atoms with Crippen LogP contribution in [0.3, 0.4) is 0 Å². The molecule has 0 spiro atoms. The molecule has 0 bridgehead atoms. The second kappa shape index (κ2) is 4.55. The molecule has 0 aliphatic rings. The lowest BCUT2D eigenvalue weighted by Gasteiger charge is -2.07. The van der Waals surface area contributed by atoms with Gasteiger partial charge in [0.15, 0.2) is 0 Å². The molecular formula is C13H9BrIN3. The molecule has 2 N–H and O–H groups in total. The van der Waals surface area contributed by atoms with E-state index in [4.69, 9.17) is 5.73 Å². The Bertz CT molecular complexity index is 736. The molecule has 90 valence electrons. The quantitative estimate of drug-likeness (QED) is 0.613. The number of halogens is 2. The minimum absolute atomic E-state index is 0.504. The van der Waals surface area contributed by atoms with E-state index in [0.717, 1.165) is 21.2 Å². The fourth-order valence-electron chi connectivity index (χ4n) is 1.94. The summed E-state index contributed by atoms with van der Waals surface area (Å²) in [6.07, 6.45) is 0. The van der Waals surface area contributed by atoms with E-state index in [0.29, 0.717) is 5.95 Å². The summed E-state index contributed by atoms with van der Waals surface area (Å²) in [5, 5.41) is 0. The van der Waals surface area contributed by atoms with Crippen LogP contribution in [0.25, 0.3) is 16.7 Å². The highest BCUT2D eigenvalue weighted by Gasteiger charge is 2.10. The second-order valence-corrected chi connectivity index (χ2v) is 5.91. The second-order valence-electron chi connectivity index (χ2n) is 3.89. The summed E-state index contributed by atoms with van der Waals surface area (Å²) in [5.74, 6) is 0.504. The maximum atomic E-state index is 6.01. The van der Waals surface area contributed by atoms with Crippen molar-refractivity contribution in [1.82, 2.24) is 9.55 Å². The number of anilines is 1. The van der Waals surface area contributed by atoms with Gasteiger partial charge in [-0.25, -0.2) is 4.98 Å². The van der Waals surface area contributed by atoms with Crippen LogP contribution in [0, 0.1) is 3.57 Å². The highest BCUT2D eigenvalue weighted by Crippen LogP contribution is 2.27. The highest BCUT2D eigenvalue weighted by molar-refractivity contribution is 14.1. The van der Waals surface area contributed by atoms with Crippen molar-refractivity contribution in [2.75, 3.05) is 5.73 Å². The van der Waals surface area contributed by atoms with E-state index >= 15 is 0 Å². The van der Waals surface area contributed by atoms with Crippen molar-refractivity contribution in [2.45, 2.75) is 0 Å². The van der Waals surface area contributed by atoms with Gasteiger partial charge in [0.2, 0.25) is 5.95 Å². The van der Waals surface area contributed by atoms with Crippen LogP contribution in [0.15, 0.2) is 46.9 Å². The zero-order valence-corrected chi connectivity index (χ0v) is 13.0. The monoisotopic (exact) mass is 413 g/mol. The van der Waals surface area contributed by atoms with E-state index in [9.17, 15) is 0 Å². The number of aromatic nitrogens is 2. The van der Waals surface area contributed by atoms with Gasteiger partial charge < -0.3 is 5.73 Å². The Balaban J connectivity index is 2.30. The van der Waals surface area contributed by atoms with Crippen LogP contribution >= 0.6 is 38.5 Å². The molecule has 3 aromatic rings. The molecule has 18 heavy (non-hydrogen) atoms. The van der Waals surface area contributed by atoms with E-state index in [1.807, 2.05) is 47.0 Å². The Kier molecular flexibility index (Phi) is 3.03. The molecule has 0 saturated heterocycles. The van der Waals surface area contributed by atoms with E-state index in [2.05, 4.69) is 43.5 Å². The van der Waals surface area contributed by atoms with Crippen LogP contribution in [0.2, 0.25) is 0 Å². The fraction of sp³-hybridized carbons (Fsp3) is 0. The van der Waals surface area contributed by atoms with Gasteiger partial charge in [0, 0.05) is 8.04 Å². The molecule has 2 aromatic carbocycles. The Hall–Kier alpha value is -1.08. The van der Waals surface area contributed by atoms with Gasteiger partial charge >= 0.3 is 0 Å². The first kappa shape index (κ1) is 12.0. The lowest BCUT2D eigenvalue weighted by molar-refractivity contribution is 1.11. The predicted octanol–water partition coefficient (Wildman–Crippen LogP) is 3.97. The maximum absolute atomic E-state index is 6.01. The summed E-state index contributed by atoms with van der Waals surface area (Å²) < 4.78 is 4.17. The number of hydrogen-bond acceptors (Lipinski definition) is 2. The average molecular weight is 414 g/mol. The van der Waals surface area contributed by atoms with Crippen LogP contribution in [0.5, 0.6) is 0 Å². The van der Waals surface area contributed by atoms with E-state index < -0.39 is 0 Å². The van der Waals surface area contributed by atoms with Crippen LogP contribution < -0.4 is 5.73 Å². The number of nitrogens with two attached hydrogens (primary N) is 1. The van der Waals surface area contributed by atoms with Crippen LogP contribution in [-0.2, 0) is 0 Å². The van der Waals surface area contributed by atoms with Crippen LogP contribution in [0.4, 0.5) is 5.95 Å². The highest BCUT2D eigenvalue weighted by atomic mass is 127. The number of nitrogens with zero attached hydrogens (tertiary/aromatic N) is 2. The molecule has 0 atom stereocenters. The molecule has 1 aromatic heterocycles. The van der Waals surface area contributed by atoms with Crippen molar-refractivity contribution in [2.24, 2.45) is 0 Å². The van der Waals surface area contributed by atoms with E-state index in [-0.39, 0.29) is 0 Å². The first-order valence-electron chi connectivity index (χ1n) is 5.35. The lowest BCUT2D eigenvalue weighted by Crippen LogP contribution is -2.00. The first-order valence-corrected chi connectivity index (χ1v) is 7.22. The largest absolute Gasteiger partial charge is 0.369 e. The van der Waals surface area contributed by atoms with Gasteiger partial charge in [-0.3, -0.25) is 4.57 Å². The van der Waals surface area contributed by atoms with E-state index in [1.165, 1.54) is 3.57 Å². The molecule has 3 nitrogen and oxygen atoms in total. The smallest absolute Gasteiger partial charge is 0.205 e. The van der Waals surface area contributed by atoms with Crippen molar-refractivity contribution in [3.05, 3.63) is 50.5 Å². The molecule has 1 heterocycles. The van der Waals surface area contributed by atoms with Gasteiger partial charge in [0.1, 0.15) is 0 Å². The van der Waals surface area contributed by atoms with Crippen molar-refractivity contribution in [1.29, 1.82) is 0 Å². The van der Waals surface area contributed by atoms with Crippen molar-refractivity contribution < 1.29 is 0 Å². The normalized spacial score (nSPS) is 11.0. The van der Waals surface area contributed by atoms with Crippen molar-refractivity contribution in [3.8, 4) is 5.69 Å². The third-order valence-electron chi connectivity index (χ3n) is 2.75. The number of nitrogen functional groups attached to an aromatic ring is 1. The average Bonchev–Trinajstić information content (AvgIpc) is 2.69. The topological polar surface area (TPSA) is 43.8 Å². The minimum Gasteiger partial charge on any atom is -0.369 e. The summed E-state index contributed by atoms with van der Waals surface area (Å²) >= 11 is 5.82. The number of hydrogen-bond donors (Lipinski definition) is 1. The minimum atomic E-state index is 0.504. The van der Waals surface area contributed by atoms with Crippen molar-refractivity contribution >= 4 is 55.5 Å². The summed E-state index contributed by atoms with van der Waals surface area (Å²) in [7, 11) is 0. The molecule has 0 aliphatic heterocycles. The standard InChI is InChI=1S/C13H9BrIN3/c14-9-7-8(5-6-10(9)15)18-12-4-2-1-3-11(12)17-13(18)16/h1-7H,(H2,16,17). The number of para-hydroxylation sites is 2. The predicted molar refractivity (Wildman–Crippen MR) is 85.9 cm³/mol. The Morgan fingerprint density at radius 3 is 2.72 bits per heavy atom. The number of imidazole rings is 1. The van der Waals surface area contributed by atoms with Gasteiger partial charge in [-0.15, -0.1) is 0 Å². The molecule has 0 saturated carbocycles. The van der Waals surface area contributed by atoms with Gasteiger partial charge in [0.25, 0.3) is 0 Å². The van der Waals surface area contributed by atoms with Gasteiger partial charge in [-0.05, 0) is 68.9 Å². The lowest BCUT2D eigenvalue weighted by atomic mass is 10.3. The summed E-state index contributed by atoms with van der Waals surface area (Å²) in [6.45, 7) is 0. The third kappa shape index (κ3) is 1.91. The zero-order valence-electron chi connectivity index (χ0n) is 9.27. The Morgan fingerprint density at radius 2 is 1.94 bits per heavy atom. The number of fused-ring (bicyclic) bond motifs is 1. The molecule has 0 radical (unpaired) electrons. The van der Waals surface area contributed by atoms with Crippen LogP contribution in [0.1, 0.15) is 0 Å². The van der Waals surface area contributed by atoms with Gasteiger partial charge in [-0.2, -0.15) is 0 Å². The number of benzene rings is 2. The summed E-state index contributed by atoms with van der Waals surface area (Å²) in [4.78, 5) is 4.37. The Morgan fingerprint density at radius 1 is 1.17 bits per heavy atom. The maximum Gasteiger partial charge on any atom is 0.205 e. The van der Waals surface area contributed by atoms with Gasteiger partial charge in [-0.1, -0.05) is 12.1 Å². The SMILES string of the molecule is Nc1nc2ccccc2n1-c1ccc(I)c(Br)c1. The molecular weight excluding hydrogens is 405 g/mol. The van der Waals surface area contributed by atoms with Crippen molar-refractivity contribution in [3.63, 3.8) is 0 Å². The molecule has 0 aliphatic carbocycles. The molecule has 0 unspecified atom stereocenters. The van der Waals surface area contributed by atoms with E-state index in [1.54, 1.807) is 0 Å². The zero-order chi connectivity index (χ0) is 12.7. The fourth-order valence-corrected chi connectivity index (χ4v) is 2.64. The molecule has 0 amide bonds. The third-order valence-corrected chi connectivity index (χ3v) is 5.09.